The first-order valence-electron chi connectivity index (χ1n) is 10.4. The molecule has 1 aliphatic heterocycles. The van der Waals surface area contributed by atoms with Crippen molar-refractivity contribution in [2.24, 2.45) is 5.92 Å². The van der Waals surface area contributed by atoms with E-state index in [1.807, 2.05) is 6.07 Å². The van der Waals surface area contributed by atoms with E-state index in [0.29, 0.717) is 11.4 Å². The van der Waals surface area contributed by atoms with Gasteiger partial charge in [-0.15, -0.1) is 10.2 Å². The van der Waals surface area contributed by atoms with Crippen LogP contribution >= 0.6 is 0 Å². The minimum atomic E-state index is -3.82. The van der Waals surface area contributed by atoms with Gasteiger partial charge in [0, 0.05) is 31.2 Å². The molecule has 0 aliphatic carbocycles. The van der Waals surface area contributed by atoms with E-state index in [2.05, 4.69) is 35.5 Å². The molecule has 31 heavy (non-hydrogen) atoms. The number of aromatic nitrogens is 4. The van der Waals surface area contributed by atoms with Gasteiger partial charge >= 0.3 is 0 Å². The Morgan fingerprint density at radius 3 is 2.48 bits per heavy atom. The zero-order valence-electron chi connectivity index (χ0n) is 18.3. The predicted molar refractivity (Wildman–Crippen MR) is 116 cm³/mol. The lowest BCUT2D eigenvalue weighted by Gasteiger charge is -2.26. The van der Waals surface area contributed by atoms with E-state index >= 15 is 0 Å². The summed E-state index contributed by atoms with van der Waals surface area (Å²) in [4.78, 5) is 5.00. The normalized spacial score (nSPS) is 16.0. The van der Waals surface area contributed by atoms with E-state index in [1.165, 1.54) is 19.2 Å². The highest BCUT2D eigenvalue weighted by Gasteiger charge is 2.27. The molecule has 166 valence electrons. The summed E-state index contributed by atoms with van der Waals surface area (Å²) in [5.74, 6) is 1.73. The van der Waals surface area contributed by atoms with Crippen molar-refractivity contribution < 1.29 is 17.9 Å². The highest BCUT2D eigenvalue weighted by molar-refractivity contribution is 7.91. The molecule has 0 amide bonds. The van der Waals surface area contributed by atoms with E-state index < -0.39 is 9.84 Å². The molecule has 1 saturated heterocycles. The number of sulfone groups is 1. The van der Waals surface area contributed by atoms with Gasteiger partial charge in [-0.3, -0.25) is 0 Å². The smallest absolute Gasteiger partial charge is 0.233 e. The molecular formula is C22H28N4O4S. The Balaban J connectivity index is 1.76. The Kier molecular flexibility index (Phi) is 5.74. The summed E-state index contributed by atoms with van der Waals surface area (Å²) in [7, 11) is -2.36. The predicted octanol–water partition coefficient (Wildman–Crippen LogP) is 3.39. The van der Waals surface area contributed by atoms with Crippen LogP contribution in [0.25, 0.3) is 11.0 Å². The molecule has 0 spiro atoms. The standard InChI is InChI=1S/C22H28N4O4S/c1-22(2,3)21-23-17-13-16(31(27,28)20-8-7-19(29-4)24-25-20)5-6-18(17)26(21)14-15-9-11-30-12-10-15/h5-8,13,15H,9-12,14H2,1-4H3. The van der Waals surface area contributed by atoms with Crippen LogP contribution in [0.4, 0.5) is 0 Å². The number of fused-ring (bicyclic) bond motifs is 1. The largest absolute Gasteiger partial charge is 0.480 e. The quantitative estimate of drug-likeness (QED) is 0.595. The Morgan fingerprint density at radius 2 is 1.87 bits per heavy atom. The van der Waals surface area contributed by atoms with Gasteiger partial charge < -0.3 is 14.0 Å². The monoisotopic (exact) mass is 444 g/mol. The zero-order valence-corrected chi connectivity index (χ0v) is 19.1. The van der Waals surface area contributed by atoms with E-state index in [1.54, 1.807) is 12.1 Å². The number of rotatable bonds is 5. The van der Waals surface area contributed by atoms with Gasteiger partial charge in [-0.2, -0.15) is 0 Å². The lowest BCUT2D eigenvalue weighted by molar-refractivity contribution is 0.0611. The third kappa shape index (κ3) is 4.29. The molecule has 8 nitrogen and oxygen atoms in total. The van der Waals surface area contributed by atoms with Crippen molar-refractivity contribution >= 4 is 20.9 Å². The molecule has 1 aromatic carbocycles. The van der Waals surface area contributed by atoms with E-state index in [9.17, 15) is 8.42 Å². The van der Waals surface area contributed by atoms with Crippen molar-refractivity contribution in [3.63, 3.8) is 0 Å². The molecule has 1 aliphatic rings. The maximum Gasteiger partial charge on any atom is 0.233 e. The van der Waals surface area contributed by atoms with E-state index in [0.717, 1.165) is 43.9 Å². The van der Waals surface area contributed by atoms with Crippen molar-refractivity contribution in [1.82, 2.24) is 19.7 Å². The first-order valence-corrected chi connectivity index (χ1v) is 11.9. The third-order valence-electron chi connectivity index (χ3n) is 5.58. The fourth-order valence-corrected chi connectivity index (χ4v) is 5.05. The Morgan fingerprint density at radius 1 is 1.13 bits per heavy atom. The van der Waals surface area contributed by atoms with Gasteiger partial charge in [0.25, 0.3) is 0 Å². The summed E-state index contributed by atoms with van der Waals surface area (Å²) in [6, 6.07) is 7.99. The highest BCUT2D eigenvalue weighted by Crippen LogP contribution is 2.31. The van der Waals surface area contributed by atoms with Gasteiger partial charge in [0.2, 0.25) is 15.7 Å². The van der Waals surface area contributed by atoms with Crippen LogP contribution in [0.2, 0.25) is 0 Å². The summed E-state index contributed by atoms with van der Waals surface area (Å²) in [5.41, 5.74) is 1.43. The lowest BCUT2D eigenvalue weighted by atomic mass is 9.94. The molecule has 0 bridgehead atoms. The van der Waals surface area contributed by atoms with Crippen molar-refractivity contribution in [2.45, 2.75) is 55.5 Å². The molecule has 0 unspecified atom stereocenters. The number of benzene rings is 1. The number of nitrogens with zero attached hydrogens (tertiary/aromatic N) is 4. The zero-order chi connectivity index (χ0) is 22.2. The summed E-state index contributed by atoms with van der Waals surface area (Å²) < 4.78 is 38.9. The molecular weight excluding hydrogens is 416 g/mol. The second-order valence-corrected chi connectivity index (χ2v) is 10.8. The maximum absolute atomic E-state index is 13.1. The SMILES string of the molecule is COc1ccc(S(=O)(=O)c2ccc3c(c2)nc(C(C)(C)C)n3CC2CCOCC2)nn1. The molecule has 0 atom stereocenters. The summed E-state index contributed by atoms with van der Waals surface area (Å²) in [5, 5.41) is 7.48. The minimum absolute atomic E-state index is 0.120. The van der Waals surface area contributed by atoms with Crippen molar-refractivity contribution in [3.8, 4) is 5.88 Å². The molecule has 1 fully saturated rings. The molecule has 3 aromatic rings. The molecule has 0 radical (unpaired) electrons. The third-order valence-corrected chi connectivity index (χ3v) is 7.23. The van der Waals surface area contributed by atoms with E-state index in [4.69, 9.17) is 14.5 Å². The van der Waals surface area contributed by atoms with Crippen LogP contribution in [0.1, 0.15) is 39.4 Å². The number of hydrogen-bond donors (Lipinski definition) is 0. The van der Waals surface area contributed by atoms with Crippen LogP contribution in [-0.2, 0) is 26.5 Å². The summed E-state index contributed by atoms with van der Waals surface area (Å²) >= 11 is 0. The van der Waals surface area contributed by atoms with Crippen LogP contribution in [0.15, 0.2) is 40.3 Å². The van der Waals surface area contributed by atoms with Gasteiger partial charge in [-0.05, 0) is 43.0 Å². The van der Waals surface area contributed by atoms with Crippen molar-refractivity contribution in [2.75, 3.05) is 20.3 Å². The second-order valence-electron chi connectivity index (χ2n) is 8.92. The number of imidazole rings is 1. The van der Waals surface area contributed by atoms with E-state index in [-0.39, 0.29) is 21.2 Å². The minimum Gasteiger partial charge on any atom is -0.480 e. The first kappa shape index (κ1) is 21.7. The first-order chi connectivity index (χ1) is 14.7. The highest BCUT2D eigenvalue weighted by atomic mass is 32.2. The average molecular weight is 445 g/mol. The lowest BCUT2D eigenvalue weighted by Crippen LogP contribution is -2.25. The van der Waals surface area contributed by atoms with Crippen LogP contribution in [-0.4, -0.2) is 48.5 Å². The number of methoxy groups -OCH3 is 1. The van der Waals surface area contributed by atoms with Crippen LogP contribution < -0.4 is 4.74 Å². The number of hydrogen-bond acceptors (Lipinski definition) is 7. The van der Waals surface area contributed by atoms with Gasteiger partial charge in [0.1, 0.15) is 5.82 Å². The van der Waals surface area contributed by atoms with Gasteiger partial charge in [0.05, 0.1) is 23.0 Å². The molecule has 3 heterocycles. The topological polar surface area (TPSA) is 96.2 Å². The number of ether oxygens (including phenoxy) is 2. The van der Waals surface area contributed by atoms with Gasteiger partial charge in [0.15, 0.2) is 5.03 Å². The maximum atomic E-state index is 13.1. The van der Waals surface area contributed by atoms with Crippen LogP contribution in [0.5, 0.6) is 5.88 Å². The molecule has 0 saturated carbocycles. The van der Waals surface area contributed by atoms with Crippen molar-refractivity contribution in [3.05, 3.63) is 36.2 Å². The van der Waals surface area contributed by atoms with Gasteiger partial charge in [-0.1, -0.05) is 20.8 Å². The molecule has 4 rings (SSSR count). The van der Waals surface area contributed by atoms with Crippen LogP contribution in [0, 0.1) is 5.92 Å². The fourth-order valence-electron chi connectivity index (χ4n) is 3.90. The van der Waals surface area contributed by atoms with Gasteiger partial charge in [-0.25, -0.2) is 13.4 Å². The molecule has 0 N–H and O–H groups in total. The fraction of sp³-hybridized carbons (Fsp3) is 0.500. The Bertz CT molecular complexity index is 1170. The average Bonchev–Trinajstić information content (AvgIpc) is 3.13. The summed E-state index contributed by atoms with van der Waals surface area (Å²) in [6.07, 6.45) is 2.04. The Labute approximate surface area is 182 Å². The van der Waals surface area contributed by atoms with Crippen molar-refractivity contribution in [1.29, 1.82) is 0 Å². The summed E-state index contributed by atoms with van der Waals surface area (Å²) in [6.45, 7) is 8.79. The van der Waals surface area contributed by atoms with Crippen LogP contribution in [0.3, 0.4) is 0 Å². The molecule has 9 heteroatoms. The Hall–Kier alpha value is -2.52. The molecule has 2 aromatic heterocycles. The second kappa shape index (κ2) is 8.20.